The number of morpholine rings is 1. The van der Waals surface area contributed by atoms with Crippen LogP contribution < -0.4 is 5.32 Å². The zero-order valence-corrected chi connectivity index (χ0v) is 10.2. The highest BCUT2D eigenvalue weighted by atomic mass is 32.2. The number of hydrogen-bond donors (Lipinski definition) is 1. The Labute approximate surface area is 91.4 Å². The van der Waals surface area contributed by atoms with E-state index in [0.717, 1.165) is 0 Å². The van der Waals surface area contributed by atoms with E-state index in [1.54, 1.807) is 0 Å². The highest BCUT2D eigenvalue weighted by molar-refractivity contribution is 7.86. The Hall–Kier alpha value is -0.210. The van der Waals surface area contributed by atoms with Crippen molar-refractivity contribution in [3.05, 3.63) is 0 Å². The van der Waals surface area contributed by atoms with Gasteiger partial charge in [-0.25, -0.2) is 0 Å². The lowest BCUT2D eigenvalue weighted by Crippen LogP contribution is -2.51. The number of likely N-dealkylation sites (N-methyl/N-ethyl adjacent to an activating group) is 1. The molecule has 1 aliphatic rings. The van der Waals surface area contributed by atoms with Gasteiger partial charge in [-0.05, 0) is 7.05 Å². The van der Waals surface area contributed by atoms with Crippen molar-refractivity contribution in [2.45, 2.75) is 6.10 Å². The minimum atomic E-state index is -3.29. The van der Waals surface area contributed by atoms with E-state index in [2.05, 4.69) is 5.32 Å². The van der Waals surface area contributed by atoms with E-state index >= 15 is 0 Å². The lowest BCUT2D eigenvalue weighted by molar-refractivity contribution is -0.000477. The van der Waals surface area contributed by atoms with Gasteiger partial charge in [0.25, 0.3) is 10.2 Å². The summed E-state index contributed by atoms with van der Waals surface area (Å²) in [5, 5.41) is 2.98. The summed E-state index contributed by atoms with van der Waals surface area (Å²) in [5.74, 6) is 0. The molecule has 0 bridgehead atoms. The van der Waals surface area contributed by atoms with E-state index in [9.17, 15) is 8.42 Å². The predicted molar refractivity (Wildman–Crippen MR) is 57.8 cm³/mol. The third-order valence-electron chi connectivity index (χ3n) is 2.32. The molecular weight excluding hydrogens is 218 g/mol. The van der Waals surface area contributed by atoms with Crippen molar-refractivity contribution in [3.8, 4) is 0 Å². The second-order valence-corrected chi connectivity index (χ2v) is 5.84. The molecular formula is C8H19N3O3S. The average Bonchev–Trinajstić information content (AvgIpc) is 2.18. The van der Waals surface area contributed by atoms with Gasteiger partial charge in [-0.15, -0.1) is 0 Å². The van der Waals surface area contributed by atoms with Crippen LogP contribution in [0.1, 0.15) is 0 Å². The van der Waals surface area contributed by atoms with E-state index in [4.69, 9.17) is 4.74 Å². The molecule has 1 rings (SSSR count). The molecule has 15 heavy (non-hydrogen) atoms. The van der Waals surface area contributed by atoms with Gasteiger partial charge in [-0.1, -0.05) is 0 Å². The molecule has 1 fully saturated rings. The molecule has 1 N–H and O–H groups in total. The second kappa shape index (κ2) is 5.22. The predicted octanol–water partition coefficient (Wildman–Crippen LogP) is -1.29. The molecule has 1 atom stereocenters. The topological polar surface area (TPSA) is 61.9 Å². The molecule has 0 aromatic heterocycles. The van der Waals surface area contributed by atoms with Crippen LogP contribution >= 0.6 is 0 Å². The van der Waals surface area contributed by atoms with Gasteiger partial charge < -0.3 is 10.1 Å². The van der Waals surface area contributed by atoms with Crippen molar-refractivity contribution in [1.82, 2.24) is 13.9 Å². The van der Waals surface area contributed by atoms with Crippen molar-refractivity contribution in [2.75, 3.05) is 47.4 Å². The van der Waals surface area contributed by atoms with Crippen molar-refractivity contribution in [1.29, 1.82) is 0 Å². The van der Waals surface area contributed by atoms with Crippen LogP contribution in [0.25, 0.3) is 0 Å². The summed E-state index contributed by atoms with van der Waals surface area (Å²) in [6, 6.07) is 0. The Kier molecular flexibility index (Phi) is 4.47. The van der Waals surface area contributed by atoms with Crippen LogP contribution in [0.5, 0.6) is 0 Å². The van der Waals surface area contributed by atoms with Gasteiger partial charge in [0.15, 0.2) is 0 Å². The average molecular weight is 237 g/mol. The van der Waals surface area contributed by atoms with Crippen molar-refractivity contribution < 1.29 is 13.2 Å². The first kappa shape index (κ1) is 12.9. The smallest absolute Gasteiger partial charge is 0.281 e. The first-order valence-electron chi connectivity index (χ1n) is 4.92. The summed E-state index contributed by atoms with van der Waals surface area (Å²) < 4.78 is 31.7. The first-order chi connectivity index (χ1) is 6.98. The van der Waals surface area contributed by atoms with E-state index in [-0.39, 0.29) is 6.10 Å². The largest absolute Gasteiger partial charge is 0.374 e. The van der Waals surface area contributed by atoms with Crippen LogP contribution in [-0.4, -0.2) is 70.5 Å². The number of hydrogen-bond acceptors (Lipinski definition) is 4. The lowest BCUT2D eigenvalue weighted by Gasteiger charge is -2.33. The van der Waals surface area contributed by atoms with Crippen molar-refractivity contribution >= 4 is 10.2 Å². The maximum Gasteiger partial charge on any atom is 0.281 e. The second-order valence-electron chi connectivity index (χ2n) is 3.70. The normalized spacial score (nSPS) is 24.7. The molecule has 0 aliphatic carbocycles. The molecule has 0 amide bonds. The molecule has 0 saturated carbocycles. The van der Waals surface area contributed by atoms with Gasteiger partial charge in [-0.3, -0.25) is 0 Å². The SMILES string of the molecule is CNCC1CN(S(=O)(=O)N(C)C)CCO1. The highest BCUT2D eigenvalue weighted by Gasteiger charge is 2.30. The third-order valence-corrected chi connectivity index (χ3v) is 4.23. The molecule has 0 radical (unpaired) electrons. The van der Waals surface area contributed by atoms with Crippen LogP contribution in [0.3, 0.4) is 0 Å². The summed E-state index contributed by atoms with van der Waals surface area (Å²) in [6.45, 7) is 1.97. The van der Waals surface area contributed by atoms with E-state index in [1.807, 2.05) is 7.05 Å². The fourth-order valence-electron chi connectivity index (χ4n) is 1.48. The van der Waals surface area contributed by atoms with Crippen LogP contribution in [0, 0.1) is 0 Å². The van der Waals surface area contributed by atoms with E-state index < -0.39 is 10.2 Å². The van der Waals surface area contributed by atoms with Crippen LogP contribution in [0.2, 0.25) is 0 Å². The molecule has 0 spiro atoms. The molecule has 1 aliphatic heterocycles. The third kappa shape index (κ3) is 3.12. The Morgan fingerprint density at radius 1 is 1.53 bits per heavy atom. The van der Waals surface area contributed by atoms with Crippen molar-refractivity contribution in [2.24, 2.45) is 0 Å². The zero-order valence-electron chi connectivity index (χ0n) is 9.43. The molecule has 90 valence electrons. The lowest BCUT2D eigenvalue weighted by atomic mass is 10.3. The number of nitrogens with zero attached hydrogens (tertiary/aromatic N) is 2. The summed E-state index contributed by atoms with van der Waals surface area (Å²) in [7, 11) is 1.61. The van der Waals surface area contributed by atoms with Gasteiger partial charge in [-0.2, -0.15) is 17.0 Å². The molecule has 7 heteroatoms. The number of nitrogens with one attached hydrogen (secondary N) is 1. The first-order valence-corrected chi connectivity index (χ1v) is 6.32. The summed E-state index contributed by atoms with van der Waals surface area (Å²) in [4.78, 5) is 0. The van der Waals surface area contributed by atoms with Gasteiger partial charge in [0.05, 0.1) is 12.7 Å². The van der Waals surface area contributed by atoms with Gasteiger partial charge >= 0.3 is 0 Å². The Bertz CT molecular complexity index is 290. The number of ether oxygens (including phenoxy) is 1. The van der Waals surface area contributed by atoms with Crippen LogP contribution in [-0.2, 0) is 14.9 Å². The fourth-order valence-corrected chi connectivity index (χ4v) is 2.61. The minimum absolute atomic E-state index is 0.0570. The summed E-state index contributed by atoms with van der Waals surface area (Å²) in [5.41, 5.74) is 0. The van der Waals surface area contributed by atoms with Gasteiger partial charge in [0, 0.05) is 33.7 Å². The minimum Gasteiger partial charge on any atom is -0.374 e. The van der Waals surface area contributed by atoms with Gasteiger partial charge in [0.1, 0.15) is 0 Å². The fraction of sp³-hybridized carbons (Fsp3) is 1.00. The van der Waals surface area contributed by atoms with Crippen LogP contribution in [0.4, 0.5) is 0 Å². The molecule has 0 aromatic carbocycles. The molecule has 0 aromatic rings. The maximum atomic E-state index is 11.8. The molecule has 1 unspecified atom stereocenters. The quantitative estimate of drug-likeness (QED) is 0.661. The maximum absolute atomic E-state index is 11.8. The number of rotatable bonds is 4. The Morgan fingerprint density at radius 2 is 2.20 bits per heavy atom. The summed E-state index contributed by atoms with van der Waals surface area (Å²) in [6.07, 6.45) is -0.0570. The highest BCUT2D eigenvalue weighted by Crippen LogP contribution is 2.11. The summed E-state index contributed by atoms with van der Waals surface area (Å²) >= 11 is 0. The van der Waals surface area contributed by atoms with Crippen LogP contribution in [0.15, 0.2) is 0 Å². The Morgan fingerprint density at radius 3 is 2.73 bits per heavy atom. The molecule has 1 saturated heterocycles. The van der Waals surface area contributed by atoms with E-state index in [0.29, 0.717) is 26.2 Å². The monoisotopic (exact) mass is 237 g/mol. The van der Waals surface area contributed by atoms with Crippen molar-refractivity contribution in [3.63, 3.8) is 0 Å². The molecule has 6 nitrogen and oxygen atoms in total. The Balaban J connectivity index is 2.64. The van der Waals surface area contributed by atoms with Gasteiger partial charge in [0.2, 0.25) is 0 Å². The zero-order chi connectivity index (χ0) is 11.5. The molecule has 1 heterocycles. The standard InChI is InChI=1S/C8H19N3O3S/c1-9-6-8-7-11(4-5-14-8)15(12,13)10(2)3/h8-9H,4-7H2,1-3H3. The van der Waals surface area contributed by atoms with E-state index in [1.165, 1.54) is 22.7 Å².